The molecule has 0 aliphatic carbocycles. The van der Waals surface area contributed by atoms with Crippen molar-refractivity contribution in [3.05, 3.63) is 376 Å². The third kappa shape index (κ3) is 10.7. The van der Waals surface area contributed by atoms with E-state index < -0.39 is 0 Å². The van der Waals surface area contributed by atoms with Crippen molar-refractivity contribution < 1.29 is 13.3 Å². The molecule has 0 radical (unpaired) electrons. The van der Waals surface area contributed by atoms with Crippen molar-refractivity contribution in [2.75, 3.05) is 0 Å². The first-order chi connectivity index (χ1) is 60.4. The minimum Gasteiger partial charge on any atom is -0.456 e. The molecule has 0 bridgehead atoms. The van der Waals surface area contributed by atoms with Crippen molar-refractivity contribution in [3.8, 4) is 113 Å². The maximum Gasteiger partial charge on any atom is 0.165 e. The van der Waals surface area contributed by atoms with Crippen LogP contribution in [0.3, 0.4) is 0 Å². The van der Waals surface area contributed by atoms with Gasteiger partial charge in [-0.05, 0) is 164 Å². The van der Waals surface area contributed by atoms with E-state index >= 15 is 0 Å². The second-order valence-corrected chi connectivity index (χ2v) is 32.6. The van der Waals surface area contributed by atoms with Crippen molar-refractivity contribution in [2.45, 2.75) is 0 Å². The number of aromatic nitrogens is 8. The molecule has 0 fully saturated rings. The zero-order valence-corrected chi connectivity index (χ0v) is 65.8. The third-order valence-corrected chi connectivity index (χ3v) is 25.8. The van der Waals surface area contributed by atoms with E-state index in [2.05, 4.69) is 355 Å². The summed E-state index contributed by atoms with van der Waals surface area (Å²) in [5.41, 5.74) is 21.9. The van der Waals surface area contributed by atoms with Crippen LogP contribution >= 0.6 is 11.3 Å². The van der Waals surface area contributed by atoms with E-state index in [1.165, 1.54) is 15.5 Å². The molecule has 0 saturated heterocycles. The van der Waals surface area contributed by atoms with Gasteiger partial charge in [-0.25, -0.2) is 29.9 Å². The molecule has 11 nitrogen and oxygen atoms in total. The largest absolute Gasteiger partial charge is 0.456 e. The zero-order chi connectivity index (χ0) is 79.8. The first kappa shape index (κ1) is 67.8. The summed E-state index contributed by atoms with van der Waals surface area (Å²) in [6.45, 7) is 0. The van der Waals surface area contributed by atoms with Crippen LogP contribution in [0.25, 0.3) is 264 Å². The Bertz CT molecular complexity index is 8900. The number of hydrogen-bond donors (Lipinski definition) is 0. The molecule has 26 aromatic rings. The first-order valence-electron chi connectivity index (χ1n) is 40.9. The van der Waals surface area contributed by atoms with E-state index in [1.807, 2.05) is 30.3 Å². The van der Waals surface area contributed by atoms with Gasteiger partial charge in [-0.2, -0.15) is 0 Å². The molecule has 18 aromatic carbocycles. The molecule has 12 heteroatoms. The smallest absolute Gasteiger partial charge is 0.165 e. The van der Waals surface area contributed by atoms with Crippen LogP contribution in [-0.4, -0.2) is 39.0 Å². The molecule has 0 spiro atoms. The summed E-state index contributed by atoms with van der Waals surface area (Å²) in [4.78, 5) is 32.9. The maximum absolute atomic E-state index is 7.17. The zero-order valence-electron chi connectivity index (χ0n) is 65.0. The fraction of sp³-hybridized carbons (Fsp3) is 0. The van der Waals surface area contributed by atoms with E-state index in [9.17, 15) is 0 Å². The number of fused-ring (bicyclic) bond motifs is 20. The van der Waals surface area contributed by atoms with Crippen LogP contribution in [0.1, 0.15) is 0 Å². The van der Waals surface area contributed by atoms with Gasteiger partial charge in [0.1, 0.15) is 22.3 Å². The molecular weight excluding hydrogens is 1510 g/mol. The minimum atomic E-state index is 0.497. The van der Waals surface area contributed by atoms with Crippen LogP contribution in [-0.2, 0) is 0 Å². The van der Waals surface area contributed by atoms with Crippen LogP contribution in [0.4, 0.5) is 0 Å². The lowest BCUT2D eigenvalue weighted by Gasteiger charge is -2.13. The monoisotopic (exact) mass is 1570 g/mol. The molecule has 566 valence electrons. The Morgan fingerprint density at radius 3 is 1.20 bits per heavy atom. The van der Waals surface area contributed by atoms with Crippen molar-refractivity contribution in [3.63, 3.8) is 0 Å². The van der Waals surface area contributed by atoms with E-state index in [0.29, 0.717) is 40.5 Å². The van der Waals surface area contributed by atoms with Crippen molar-refractivity contribution in [2.24, 2.45) is 0 Å². The SMILES string of the molecule is c1ccc(-c2ccc(-c3nc(-c4ccc5c(c4)oc4cc(-c6cccc7c6c6cc8ccccc8cc6n7-c6cc(-c7nc(-c8ccc(-c9ccccc9)cc8)nc(-c8cccc9c8sc8ccccc89)n7)cc7c6oc6ccccc67)ccc45)nc(-c4cc(-n5c6ccccc6c6cc7ccccc7cc65)c5oc6ccccc6c5c4)n3)cc2)cc1. The van der Waals surface area contributed by atoms with Gasteiger partial charge in [-0.3, -0.25) is 0 Å². The number of hydrogen-bond acceptors (Lipinski definition) is 10. The highest BCUT2D eigenvalue weighted by molar-refractivity contribution is 7.26. The summed E-state index contributed by atoms with van der Waals surface area (Å²) in [5, 5.41) is 17.2. The van der Waals surface area contributed by atoms with E-state index in [1.54, 1.807) is 11.3 Å². The molecule has 8 aromatic heterocycles. The van der Waals surface area contributed by atoms with Gasteiger partial charge in [-0.15, -0.1) is 11.3 Å². The molecule has 8 heterocycles. The summed E-state index contributed by atoms with van der Waals surface area (Å²) < 4.78 is 28.4. The van der Waals surface area contributed by atoms with Crippen LogP contribution in [0.5, 0.6) is 0 Å². The Hall–Kier alpha value is -16.3. The number of nitrogens with zero attached hydrogens (tertiary/aromatic N) is 8. The Balaban J connectivity index is 0.637. The fourth-order valence-electron chi connectivity index (χ4n) is 18.8. The van der Waals surface area contributed by atoms with Gasteiger partial charge >= 0.3 is 0 Å². The standard InChI is InChI=1S/C110H62N8O3S/c1-3-21-63(22-4-1)65-41-45-67(46-42-65)105-111-107(114-108(112-105)75-55-87-79-30-12-16-38-96(79)120-102(87)94(59-75)117-90-36-15-11-29-78(90)86-53-69-25-7-9-27-71(69)57-92(86)117)74-50-52-82-81-51-49-73(61-98(81)119-99(82)62-74)77-33-20-37-91-101(77)89-54-70-26-8-10-28-72(70)58-93(89)118(91)95-60-76(56-88-80-31-13-17-39-97(80)121-103(88)95)109-113-106(68-47-43-66(44-48-68)64-23-5-2-6-24-64)115-110(116-109)85-35-19-34-84-83-32-14-18-40-100(83)122-104(84)85/h1-62H. The minimum absolute atomic E-state index is 0.497. The molecule has 0 unspecified atom stereocenters. The lowest BCUT2D eigenvalue weighted by molar-refractivity contribution is 0.666. The quantitative estimate of drug-likeness (QED) is 0.124. The number of para-hydroxylation sites is 3. The second-order valence-electron chi connectivity index (χ2n) is 31.6. The maximum atomic E-state index is 7.17. The molecule has 0 aliphatic heterocycles. The van der Waals surface area contributed by atoms with Crippen molar-refractivity contribution in [1.82, 2.24) is 39.0 Å². The predicted octanol–water partition coefficient (Wildman–Crippen LogP) is 29.6. The second kappa shape index (κ2) is 26.6. The summed E-state index contributed by atoms with van der Waals surface area (Å²) in [5.74, 6) is 3.23. The summed E-state index contributed by atoms with van der Waals surface area (Å²) in [6, 6.07) is 133. The summed E-state index contributed by atoms with van der Waals surface area (Å²) in [6.07, 6.45) is 0. The highest BCUT2D eigenvalue weighted by Crippen LogP contribution is 2.49. The molecule has 26 rings (SSSR count). The molecule has 0 aliphatic rings. The molecule has 0 atom stereocenters. The van der Waals surface area contributed by atoms with Gasteiger partial charge in [0, 0.05) is 107 Å². The molecule has 0 N–H and O–H groups in total. The summed E-state index contributed by atoms with van der Waals surface area (Å²) in [7, 11) is 0. The Morgan fingerprint density at radius 1 is 0.205 bits per heavy atom. The lowest BCUT2D eigenvalue weighted by Crippen LogP contribution is -2.02. The van der Waals surface area contributed by atoms with Gasteiger partial charge in [0.05, 0.1) is 33.4 Å². The lowest BCUT2D eigenvalue weighted by atomic mass is 9.97. The average molecular weight is 1580 g/mol. The van der Waals surface area contributed by atoms with Crippen molar-refractivity contribution >= 4 is 162 Å². The van der Waals surface area contributed by atoms with E-state index in [-0.39, 0.29) is 0 Å². The number of furan rings is 3. The highest BCUT2D eigenvalue weighted by Gasteiger charge is 2.28. The Kier molecular flexibility index (Phi) is 14.8. The first-order valence-corrected chi connectivity index (χ1v) is 41.7. The topological polar surface area (TPSA) is 127 Å². The normalized spacial score (nSPS) is 12.1. The average Bonchev–Trinajstić information content (AvgIpc) is 1.56. The highest BCUT2D eigenvalue weighted by atomic mass is 32.1. The fourth-order valence-corrected chi connectivity index (χ4v) is 20.0. The summed E-state index contributed by atoms with van der Waals surface area (Å²) >= 11 is 1.76. The molecule has 122 heavy (non-hydrogen) atoms. The Morgan fingerprint density at radius 2 is 0.607 bits per heavy atom. The van der Waals surface area contributed by atoms with Crippen LogP contribution in [0.2, 0.25) is 0 Å². The van der Waals surface area contributed by atoms with Crippen LogP contribution < -0.4 is 0 Å². The third-order valence-electron chi connectivity index (χ3n) is 24.6. The molecule has 0 saturated carbocycles. The predicted molar refractivity (Wildman–Crippen MR) is 501 cm³/mol. The van der Waals surface area contributed by atoms with Gasteiger partial charge in [0.25, 0.3) is 0 Å². The van der Waals surface area contributed by atoms with Crippen molar-refractivity contribution in [1.29, 1.82) is 0 Å². The number of thiophene rings is 1. The van der Waals surface area contributed by atoms with E-state index in [0.717, 1.165) is 208 Å². The van der Waals surface area contributed by atoms with Gasteiger partial charge in [0.2, 0.25) is 0 Å². The molecular formula is C110H62N8O3S. The van der Waals surface area contributed by atoms with Gasteiger partial charge < -0.3 is 22.4 Å². The molecule has 0 amide bonds. The van der Waals surface area contributed by atoms with Gasteiger partial charge in [-0.1, -0.05) is 267 Å². The number of benzene rings is 18. The number of rotatable bonds is 11. The van der Waals surface area contributed by atoms with Crippen LogP contribution in [0.15, 0.2) is 389 Å². The van der Waals surface area contributed by atoms with E-state index in [4.69, 9.17) is 43.2 Å². The Labute approximate surface area is 699 Å². The van der Waals surface area contributed by atoms with Crippen LogP contribution in [0, 0.1) is 0 Å². The van der Waals surface area contributed by atoms with Gasteiger partial charge in [0.15, 0.2) is 46.1 Å².